The average Bonchev–Trinajstić information content (AvgIpc) is 2.41. The first-order valence-electron chi connectivity index (χ1n) is 5.98. The number of nitrogens with zero attached hydrogens (tertiary/aromatic N) is 2. The van der Waals surface area contributed by atoms with Crippen LogP contribution in [0, 0.1) is 0 Å². The smallest absolute Gasteiger partial charge is 0.135 e. The van der Waals surface area contributed by atoms with Crippen LogP contribution in [0.4, 0.5) is 5.82 Å². The van der Waals surface area contributed by atoms with Crippen molar-refractivity contribution in [3.63, 3.8) is 0 Å². The van der Waals surface area contributed by atoms with Gasteiger partial charge < -0.3 is 5.73 Å². The molecule has 0 saturated heterocycles. The van der Waals surface area contributed by atoms with Crippen molar-refractivity contribution in [2.24, 2.45) is 0 Å². The van der Waals surface area contributed by atoms with Crippen LogP contribution in [0.15, 0.2) is 53.0 Å². The highest BCUT2D eigenvalue weighted by Gasteiger charge is 2.06. The van der Waals surface area contributed by atoms with Crippen LogP contribution in [-0.4, -0.2) is 9.97 Å². The summed E-state index contributed by atoms with van der Waals surface area (Å²) in [6, 6.07) is 16.0. The van der Waals surface area contributed by atoms with E-state index in [0.29, 0.717) is 12.2 Å². The first-order valence-corrected chi connectivity index (χ1v) is 6.77. The molecule has 0 fully saturated rings. The fourth-order valence-corrected chi connectivity index (χ4v) is 2.39. The van der Waals surface area contributed by atoms with Crippen molar-refractivity contribution in [3.05, 3.63) is 64.4 Å². The second-order valence-corrected chi connectivity index (χ2v) is 5.26. The van der Waals surface area contributed by atoms with Crippen molar-refractivity contribution < 1.29 is 0 Å². The van der Waals surface area contributed by atoms with E-state index < -0.39 is 0 Å². The molecule has 2 aromatic carbocycles. The van der Waals surface area contributed by atoms with Crippen LogP contribution in [0.25, 0.3) is 10.9 Å². The maximum atomic E-state index is 6.01. The second-order valence-electron chi connectivity index (χ2n) is 4.35. The Morgan fingerprint density at radius 2 is 1.79 bits per heavy atom. The number of hydrogen-bond acceptors (Lipinski definition) is 3. The highest BCUT2D eigenvalue weighted by atomic mass is 79.9. The maximum absolute atomic E-state index is 6.01. The Labute approximate surface area is 119 Å². The summed E-state index contributed by atoms with van der Waals surface area (Å²) in [5.74, 6) is 1.27. The summed E-state index contributed by atoms with van der Waals surface area (Å²) in [6.45, 7) is 0. The molecule has 19 heavy (non-hydrogen) atoms. The summed E-state index contributed by atoms with van der Waals surface area (Å²) in [5, 5.41) is 0.881. The average molecular weight is 314 g/mol. The fourth-order valence-electron chi connectivity index (χ4n) is 2.03. The lowest BCUT2D eigenvalue weighted by atomic mass is 10.1. The molecule has 94 valence electrons. The summed E-state index contributed by atoms with van der Waals surface area (Å²) in [4.78, 5) is 8.94. The zero-order valence-electron chi connectivity index (χ0n) is 10.2. The van der Waals surface area contributed by atoms with Crippen LogP contribution >= 0.6 is 15.9 Å². The van der Waals surface area contributed by atoms with Gasteiger partial charge in [-0.15, -0.1) is 0 Å². The van der Waals surface area contributed by atoms with Gasteiger partial charge in [0.25, 0.3) is 0 Å². The van der Waals surface area contributed by atoms with E-state index in [9.17, 15) is 0 Å². The molecule has 4 heteroatoms. The lowest BCUT2D eigenvalue weighted by Gasteiger charge is -2.06. The summed E-state index contributed by atoms with van der Waals surface area (Å²) < 4.78 is 0.978. The molecule has 0 aliphatic heterocycles. The molecule has 0 aliphatic carbocycles. The Morgan fingerprint density at radius 3 is 2.58 bits per heavy atom. The minimum Gasteiger partial charge on any atom is -0.383 e. The predicted molar refractivity (Wildman–Crippen MR) is 80.9 cm³/mol. The molecule has 0 atom stereocenters. The van der Waals surface area contributed by atoms with Crippen molar-refractivity contribution in [2.75, 3.05) is 5.73 Å². The van der Waals surface area contributed by atoms with Gasteiger partial charge in [-0.25, -0.2) is 9.97 Å². The van der Waals surface area contributed by atoms with Crippen LogP contribution < -0.4 is 5.73 Å². The SMILES string of the molecule is Nc1nc(Cc2ccccc2)nc2ccc(Br)cc12. The van der Waals surface area contributed by atoms with Crippen LogP contribution in [0.3, 0.4) is 0 Å². The molecule has 0 spiro atoms. The van der Waals surface area contributed by atoms with Gasteiger partial charge in [0.2, 0.25) is 0 Å². The maximum Gasteiger partial charge on any atom is 0.135 e. The van der Waals surface area contributed by atoms with Crippen molar-refractivity contribution in [1.29, 1.82) is 0 Å². The van der Waals surface area contributed by atoms with Gasteiger partial charge in [0.1, 0.15) is 11.6 Å². The molecule has 0 radical (unpaired) electrons. The molecule has 0 saturated carbocycles. The molecule has 3 aromatic rings. The molecule has 2 N–H and O–H groups in total. The molecule has 1 heterocycles. The Morgan fingerprint density at radius 1 is 1.00 bits per heavy atom. The topological polar surface area (TPSA) is 51.8 Å². The number of rotatable bonds is 2. The van der Waals surface area contributed by atoms with Gasteiger partial charge in [-0.2, -0.15) is 0 Å². The number of aromatic nitrogens is 2. The van der Waals surface area contributed by atoms with E-state index >= 15 is 0 Å². The zero-order valence-corrected chi connectivity index (χ0v) is 11.8. The lowest BCUT2D eigenvalue weighted by molar-refractivity contribution is 0.998. The quantitative estimate of drug-likeness (QED) is 0.787. The van der Waals surface area contributed by atoms with E-state index in [-0.39, 0.29) is 0 Å². The zero-order chi connectivity index (χ0) is 13.2. The van der Waals surface area contributed by atoms with E-state index in [2.05, 4.69) is 38.0 Å². The number of nitrogens with two attached hydrogens (primary N) is 1. The summed E-state index contributed by atoms with van der Waals surface area (Å²) in [5.41, 5.74) is 8.06. The highest BCUT2D eigenvalue weighted by Crippen LogP contribution is 2.22. The lowest BCUT2D eigenvalue weighted by Crippen LogP contribution is -2.02. The third kappa shape index (κ3) is 2.58. The van der Waals surface area contributed by atoms with Gasteiger partial charge in [-0.3, -0.25) is 0 Å². The monoisotopic (exact) mass is 313 g/mol. The van der Waals surface area contributed by atoms with Gasteiger partial charge in [0.15, 0.2) is 0 Å². The summed E-state index contributed by atoms with van der Waals surface area (Å²) in [7, 11) is 0. The highest BCUT2D eigenvalue weighted by molar-refractivity contribution is 9.10. The summed E-state index contributed by atoms with van der Waals surface area (Å²) in [6.07, 6.45) is 0.692. The number of anilines is 1. The number of halogens is 1. The fraction of sp³-hybridized carbons (Fsp3) is 0.0667. The normalized spacial score (nSPS) is 10.8. The van der Waals surface area contributed by atoms with Gasteiger partial charge in [0.05, 0.1) is 5.52 Å². The predicted octanol–water partition coefficient (Wildman–Crippen LogP) is 3.57. The Hall–Kier alpha value is -1.94. The number of nitrogen functional groups attached to an aromatic ring is 1. The van der Waals surface area contributed by atoms with Crippen molar-refractivity contribution >= 4 is 32.7 Å². The van der Waals surface area contributed by atoms with Gasteiger partial charge >= 0.3 is 0 Å². The van der Waals surface area contributed by atoms with Crippen molar-refractivity contribution in [2.45, 2.75) is 6.42 Å². The molecule has 3 rings (SSSR count). The van der Waals surface area contributed by atoms with Gasteiger partial charge in [0, 0.05) is 16.3 Å². The molecule has 0 unspecified atom stereocenters. The Balaban J connectivity index is 2.04. The molecule has 0 amide bonds. The van der Waals surface area contributed by atoms with Crippen molar-refractivity contribution in [3.8, 4) is 0 Å². The summed E-state index contributed by atoms with van der Waals surface area (Å²) >= 11 is 3.43. The molecular formula is C15H12BrN3. The molecular weight excluding hydrogens is 302 g/mol. The van der Waals surface area contributed by atoms with Crippen LogP contribution in [0.1, 0.15) is 11.4 Å². The van der Waals surface area contributed by atoms with Crippen LogP contribution in [0.2, 0.25) is 0 Å². The van der Waals surface area contributed by atoms with Gasteiger partial charge in [-0.05, 0) is 23.8 Å². The van der Waals surface area contributed by atoms with Crippen molar-refractivity contribution in [1.82, 2.24) is 9.97 Å². The Bertz CT molecular complexity index is 726. The number of fused-ring (bicyclic) bond motifs is 1. The second kappa shape index (κ2) is 4.97. The number of benzene rings is 2. The van der Waals surface area contributed by atoms with E-state index in [1.54, 1.807) is 0 Å². The molecule has 3 nitrogen and oxygen atoms in total. The minimum absolute atomic E-state index is 0.525. The van der Waals surface area contributed by atoms with E-state index in [1.165, 1.54) is 5.56 Å². The number of hydrogen-bond donors (Lipinski definition) is 1. The molecule has 0 aliphatic rings. The van der Waals surface area contributed by atoms with E-state index in [0.717, 1.165) is 21.2 Å². The van der Waals surface area contributed by atoms with Crippen LogP contribution in [-0.2, 0) is 6.42 Å². The first-order chi connectivity index (χ1) is 9.22. The molecule has 0 bridgehead atoms. The Kier molecular flexibility index (Phi) is 3.17. The third-order valence-electron chi connectivity index (χ3n) is 2.94. The molecule has 1 aromatic heterocycles. The third-order valence-corrected chi connectivity index (χ3v) is 3.43. The van der Waals surface area contributed by atoms with E-state index in [1.807, 2.05) is 36.4 Å². The largest absolute Gasteiger partial charge is 0.383 e. The van der Waals surface area contributed by atoms with E-state index in [4.69, 9.17) is 5.73 Å². The standard InChI is InChI=1S/C15H12BrN3/c16-11-6-7-13-12(9-11)15(17)19-14(18-13)8-10-4-2-1-3-5-10/h1-7,9H,8H2,(H2,17,18,19). The first kappa shape index (κ1) is 12.1. The van der Waals surface area contributed by atoms with Gasteiger partial charge in [-0.1, -0.05) is 46.3 Å². The minimum atomic E-state index is 0.525. The van der Waals surface area contributed by atoms with Crippen LogP contribution in [0.5, 0.6) is 0 Å².